The van der Waals surface area contributed by atoms with Gasteiger partial charge in [-0.25, -0.2) is 0 Å². The molecule has 0 fully saturated rings. The molecule has 0 bridgehead atoms. The van der Waals surface area contributed by atoms with Gasteiger partial charge in [-0.2, -0.15) is 0 Å². The van der Waals surface area contributed by atoms with Crippen LogP contribution < -0.4 is 16.4 Å². The molecule has 4 N–H and O–H groups in total. The van der Waals surface area contributed by atoms with Crippen molar-refractivity contribution in [2.75, 3.05) is 12.4 Å². The van der Waals surface area contributed by atoms with Gasteiger partial charge in [-0.3, -0.25) is 4.79 Å². The highest BCUT2D eigenvalue weighted by atomic mass is 32.1. The standard InChI is InChI=1S/C11H15N3OS/c1-7(11(15)13-2)14-9-5-3-8(4-6-9)10(12)16/h3-7,14H,1-2H3,(H2,12,16)(H,13,15). The molecule has 86 valence electrons. The molecule has 0 saturated carbocycles. The summed E-state index contributed by atoms with van der Waals surface area (Å²) in [6.07, 6.45) is 0. The number of rotatable bonds is 4. The Morgan fingerprint density at radius 2 is 1.94 bits per heavy atom. The molecule has 1 aromatic carbocycles. The van der Waals surface area contributed by atoms with E-state index in [1.807, 2.05) is 24.3 Å². The second-order valence-electron chi connectivity index (χ2n) is 3.42. The summed E-state index contributed by atoms with van der Waals surface area (Å²) >= 11 is 4.85. The highest BCUT2D eigenvalue weighted by Crippen LogP contribution is 2.10. The Kier molecular flexibility index (Phi) is 4.25. The van der Waals surface area contributed by atoms with E-state index in [1.54, 1.807) is 14.0 Å². The van der Waals surface area contributed by atoms with E-state index in [1.165, 1.54) is 0 Å². The summed E-state index contributed by atoms with van der Waals surface area (Å²) in [6.45, 7) is 1.79. The zero-order chi connectivity index (χ0) is 12.1. The molecule has 0 aliphatic heterocycles. The molecule has 0 radical (unpaired) electrons. The summed E-state index contributed by atoms with van der Waals surface area (Å²) in [6, 6.07) is 7.05. The van der Waals surface area contributed by atoms with Crippen molar-refractivity contribution in [3.63, 3.8) is 0 Å². The molecule has 1 rings (SSSR count). The average molecular weight is 237 g/mol. The number of carbonyl (C=O) groups excluding carboxylic acids is 1. The quantitative estimate of drug-likeness (QED) is 0.680. The monoisotopic (exact) mass is 237 g/mol. The highest BCUT2D eigenvalue weighted by molar-refractivity contribution is 7.80. The largest absolute Gasteiger partial charge is 0.389 e. The first kappa shape index (κ1) is 12.4. The number of amides is 1. The predicted molar refractivity (Wildman–Crippen MR) is 69.5 cm³/mol. The fourth-order valence-corrected chi connectivity index (χ4v) is 1.40. The third kappa shape index (κ3) is 3.20. The number of hydrogen-bond acceptors (Lipinski definition) is 3. The van der Waals surface area contributed by atoms with Gasteiger partial charge in [0, 0.05) is 18.3 Å². The van der Waals surface area contributed by atoms with E-state index >= 15 is 0 Å². The second-order valence-corrected chi connectivity index (χ2v) is 3.86. The number of nitrogens with one attached hydrogen (secondary N) is 2. The lowest BCUT2D eigenvalue weighted by Crippen LogP contribution is -2.35. The van der Waals surface area contributed by atoms with Crippen LogP contribution in [0.25, 0.3) is 0 Å². The Morgan fingerprint density at radius 1 is 1.38 bits per heavy atom. The van der Waals surface area contributed by atoms with Gasteiger partial charge in [0.1, 0.15) is 11.0 Å². The highest BCUT2D eigenvalue weighted by Gasteiger charge is 2.09. The van der Waals surface area contributed by atoms with Crippen LogP contribution in [-0.2, 0) is 4.79 Å². The third-order valence-electron chi connectivity index (χ3n) is 2.19. The zero-order valence-electron chi connectivity index (χ0n) is 9.28. The van der Waals surface area contributed by atoms with Crippen LogP contribution in [0, 0.1) is 0 Å². The van der Waals surface area contributed by atoms with Gasteiger partial charge < -0.3 is 16.4 Å². The SMILES string of the molecule is CNC(=O)C(C)Nc1ccc(C(N)=S)cc1. The maximum Gasteiger partial charge on any atom is 0.241 e. The molecule has 1 unspecified atom stereocenters. The van der Waals surface area contributed by atoms with Crippen LogP contribution in [0.2, 0.25) is 0 Å². The van der Waals surface area contributed by atoms with Gasteiger partial charge in [0.2, 0.25) is 5.91 Å². The molecule has 16 heavy (non-hydrogen) atoms. The molecule has 1 amide bonds. The Balaban J connectivity index is 2.68. The molecule has 0 aromatic heterocycles. The van der Waals surface area contributed by atoms with Crippen molar-refractivity contribution in [1.29, 1.82) is 0 Å². The van der Waals surface area contributed by atoms with Crippen LogP contribution >= 0.6 is 12.2 Å². The summed E-state index contributed by atoms with van der Waals surface area (Å²) in [5, 5.41) is 5.63. The number of thiocarbonyl (C=S) groups is 1. The normalized spacial score (nSPS) is 11.6. The Bertz CT molecular complexity index is 389. The minimum Gasteiger partial charge on any atom is -0.389 e. The van der Waals surface area contributed by atoms with Crippen LogP contribution in [0.5, 0.6) is 0 Å². The Hall–Kier alpha value is -1.62. The number of carbonyl (C=O) groups is 1. The fourth-order valence-electron chi connectivity index (χ4n) is 1.26. The molecule has 0 aliphatic rings. The van der Waals surface area contributed by atoms with Crippen LogP contribution in [0.3, 0.4) is 0 Å². The molecule has 0 heterocycles. The van der Waals surface area contributed by atoms with E-state index in [2.05, 4.69) is 10.6 Å². The van der Waals surface area contributed by atoms with Crippen molar-refractivity contribution in [3.8, 4) is 0 Å². The minimum atomic E-state index is -0.277. The number of anilines is 1. The van der Waals surface area contributed by atoms with Crippen LogP contribution in [0.15, 0.2) is 24.3 Å². The molecule has 1 atom stereocenters. The molecule has 0 aliphatic carbocycles. The van der Waals surface area contributed by atoms with E-state index < -0.39 is 0 Å². The molecule has 5 heteroatoms. The molecule has 4 nitrogen and oxygen atoms in total. The Labute approximate surface area is 100 Å². The Morgan fingerprint density at radius 3 is 2.38 bits per heavy atom. The first-order valence-electron chi connectivity index (χ1n) is 4.92. The lowest BCUT2D eigenvalue weighted by Gasteiger charge is -2.13. The van der Waals surface area contributed by atoms with E-state index in [-0.39, 0.29) is 11.9 Å². The summed E-state index contributed by atoms with van der Waals surface area (Å²) in [4.78, 5) is 11.6. The topological polar surface area (TPSA) is 67.2 Å². The maximum absolute atomic E-state index is 11.3. The number of likely N-dealkylation sites (N-methyl/N-ethyl adjacent to an activating group) is 1. The average Bonchev–Trinajstić information content (AvgIpc) is 2.28. The van der Waals surface area contributed by atoms with Gasteiger partial charge in [-0.05, 0) is 31.2 Å². The van der Waals surface area contributed by atoms with Gasteiger partial charge in [0.05, 0.1) is 0 Å². The van der Waals surface area contributed by atoms with Crippen molar-refractivity contribution in [3.05, 3.63) is 29.8 Å². The fraction of sp³-hybridized carbons (Fsp3) is 0.273. The summed E-state index contributed by atoms with van der Waals surface area (Å²) < 4.78 is 0. The minimum absolute atomic E-state index is 0.0570. The van der Waals surface area contributed by atoms with Crippen LogP contribution in [0.4, 0.5) is 5.69 Å². The second kappa shape index (κ2) is 5.46. The predicted octanol–water partition coefficient (Wildman–Crippen LogP) is 0.867. The van der Waals surface area contributed by atoms with Gasteiger partial charge in [-0.1, -0.05) is 12.2 Å². The van der Waals surface area contributed by atoms with Gasteiger partial charge in [0.15, 0.2) is 0 Å². The van der Waals surface area contributed by atoms with E-state index in [4.69, 9.17) is 18.0 Å². The van der Waals surface area contributed by atoms with E-state index in [0.29, 0.717) is 4.99 Å². The third-order valence-corrected chi connectivity index (χ3v) is 2.43. The van der Waals surface area contributed by atoms with Gasteiger partial charge >= 0.3 is 0 Å². The molecule has 0 spiro atoms. The summed E-state index contributed by atoms with van der Waals surface area (Å²) in [5.74, 6) is -0.0570. The summed E-state index contributed by atoms with van der Waals surface area (Å²) in [7, 11) is 1.61. The molecule has 1 aromatic rings. The van der Waals surface area contributed by atoms with Crippen molar-refractivity contribution in [2.45, 2.75) is 13.0 Å². The first-order valence-corrected chi connectivity index (χ1v) is 5.33. The van der Waals surface area contributed by atoms with Crippen molar-refractivity contribution < 1.29 is 4.79 Å². The number of nitrogens with two attached hydrogens (primary N) is 1. The van der Waals surface area contributed by atoms with Gasteiger partial charge in [-0.15, -0.1) is 0 Å². The van der Waals surface area contributed by atoms with Crippen LogP contribution in [0.1, 0.15) is 12.5 Å². The number of benzene rings is 1. The van der Waals surface area contributed by atoms with Crippen molar-refractivity contribution >= 4 is 28.8 Å². The zero-order valence-corrected chi connectivity index (χ0v) is 10.1. The lowest BCUT2D eigenvalue weighted by molar-refractivity contribution is -0.121. The lowest BCUT2D eigenvalue weighted by atomic mass is 10.2. The van der Waals surface area contributed by atoms with E-state index in [0.717, 1.165) is 11.3 Å². The maximum atomic E-state index is 11.3. The molecular formula is C11H15N3OS. The van der Waals surface area contributed by atoms with Gasteiger partial charge in [0.25, 0.3) is 0 Å². The van der Waals surface area contributed by atoms with Crippen LogP contribution in [-0.4, -0.2) is 24.0 Å². The first-order chi connectivity index (χ1) is 7.54. The smallest absolute Gasteiger partial charge is 0.241 e. The molecular weight excluding hydrogens is 222 g/mol. The van der Waals surface area contributed by atoms with Crippen molar-refractivity contribution in [2.24, 2.45) is 5.73 Å². The molecule has 0 saturated heterocycles. The van der Waals surface area contributed by atoms with Crippen molar-refractivity contribution in [1.82, 2.24) is 5.32 Å². The number of hydrogen-bond donors (Lipinski definition) is 3. The van der Waals surface area contributed by atoms with E-state index in [9.17, 15) is 4.79 Å². The summed E-state index contributed by atoms with van der Waals surface area (Å²) in [5.41, 5.74) is 7.15.